The number of carbonyl (C=O) groups is 2. The van der Waals surface area contributed by atoms with E-state index < -0.39 is 6.04 Å². The minimum atomic E-state index is -0.478. The van der Waals surface area contributed by atoms with E-state index in [9.17, 15) is 9.59 Å². The standard InChI is InChI=1S/C25H32N4O3/c1-28(23(25(31)32-2)18-7-4-3-5-8-18)21-14-16-29(17-21)22(30)13-12-20-11-10-19-9-6-15-26-24(19)27-20/h3-5,7-8,10-11,21,23H,6,9,12-17H2,1-2H3,(H,26,27)/t21?,23-/m1/s1. The van der Waals surface area contributed by atoms with Crippen molar-refractivity contribution in [2.45, 2.75) is 44.2 Å². The molecule has 2 aliphatic rings. The number of methoxy groups -OCH3 is 1. The topological polar surface area (TPSA) is 74.8 Å². The fourth-order valence-electron chi connectivity index (χ4n) is 4.70. The van der Waals surface area contributed by atoms with Gasteiger partial charge in [0.05, 0.1) is 7.11 Å². The average Bonchev–Trinajstić information content (AvgIpc) is 3.33. The van der Waals surface area contributed by atoms with Gasteiger partial charge in [-0.1, -0.05) is 36.4 Å². The van der Waals surface area contributed by atoms with Crippen LogP contribution in [0.3, 0.4) is 0 Å². The fraction of sp³-hybridized carbons (Fsp3) is 0.480. The number of hydrogen-bond donors (Lipinski definition) is 1. The molecule has 2 atom stereocenters. The van der Waals surface area contributed by atoms with E-state index in [0.29, 0.717) is 25.9 Å². The molecule has 1 amide bonds. The van der Waals surface area contributed by atoms with Gasteiger partial charge in [-0.15, -0.1) is 0 Å². The molecule has 1 aromatic carbocycles. The second-order valence-electron chi connectivity index (χ2n) is 8.62. The Morgan fingerprint density at radius 2 is 2.06 bits per heavy atom. The third kappa shape index (κ3) is 4.93. The van der Waals surface area contributed by atoms with E-state index in [2.05, 4.69) is 11.4 Å². The van der Waals surface area contributed by atoms with Crippen molar-refractivity contribution in [1.82, 2.24) is 14.8 Å². The second kappa shape index (κ2) is 10.1. The molecule has 4 rings (SSSR count). The minimum Gasteiger partial charge on any atom is -0.468 e. The summed E-state index contributed by atoms with van der Waals surface area (Å²) in [6, 6.07) is 13.5. The van der Waals surface area contributed by atoms with Crippen LogP contribution >= 0.6 is 0 Å². The quantitative estimate of drug-likeness (QED) is 0.673. The number of nitrogens with zero attached hydrogens (tertiary/aromatic N) is 3. The Morgan fingerprint density at radius 3 is 2.84 bits per heavy atom. The van der Waals surface area contributed by atoms with Crippen LogP contribution in [0, 0.1) is 0 Å². The van der Waals surface area contributed by atoms with Gasteiger partial charge in [0.25, 0.3) is 0 Å². The lowest BCUT2D eigenvalue weighted by Crippen LogP contribution is -2.41. The molecular formula is C25H32N4O3. The molecule has 1 aromatic heterocycles. The molecule has 2 aromatic rings. The highest BCUT2D eigenvalue weighted by molar-refractivity contribution is 5.78. The number of benzene rings is 1. The maximum Gasteiger partial charge on any atom is 0.327 e. The largest absolute Gasteiger partial charge is 0.468 e. The van der Waals surface area contributed by atoms with Gasteiger partial charge in [-0.25, -0.2) is 9.78 Å². The van der Waals surface area contributed by atoms with Crippen LogP contribution < -0.4 is 5.32 Å². The molecule has 1 fully saturated rings. The van der Waals surface area contributed by atoms with E-state index in [1.807, 2.05) is 53.2 Å². The van der Waals surface area contributed by atoms with Gasteiger partial charge in [0.2, 0.25) is 5.91 Å². The van der Waals surface area contributed by atoms with E-state index in [-0.39, 0.29) is 17.9 Å². The lowest BCUT2D eigenvalue weighted by atomic mass is 10.0. The van der Waals surface area contributed by atoms with Gasteiger partial charge in [0, 0.05) is 37.8 Å². The first-order chi connectivity index (χ1) is 15.6. The number of esters is 1. The Morgan fingerprint density at radius 1 is 1.25 bits per heavy atom. The van der Waals surface area contributed by atoms with E-state index in [1.165, 1.54) is 12.7 Å². The highest BCUT2D eigenvalue weighted by atomic mass is 16.5. The molecule has 0 aliphatic carbocycles. The number of fused-ring (bicyclic) bond motifs is 1. The monoisotopic (exact) mass is 436 g/mol. The van der Waals surface area contributed by atoms with Gasteiger partial charge in [0.15, 0.2) is 0 Å². The zero-order chi connectivity index (χ0) is 22.5. The second-order valence-corrected chi connectivity index (χ2v) is 8.62. The molecule has 2 aliphatic heterocycles. The van der Waals surface area contributed by atoms with Gasteiger partial charge in [-0.2, -0.15) is 0 Å². The highest BCUT2D eigenvalue weighted by Crippen LogP contribution is 2.27. The van der Waals surface area contributed by atoms with E-state index in [1.54, 1.807) is 0 Å². The Bertz CT molecular complexity index is 949. The van der Waals surface area contributed by atoms with Crippen molar-refractivity contribution in [2.24, 2.45) is 0 Å². The molecular weight excluding hydrogens is 404 g/mol. The van der Waals surface area contributed by atoms with Crippen molar-refractivity contribution in [3.63, 3.8) is 0 Å². The van der Waals surface area contributed by atoms with Gasteiger partial charge in [0.1, 0.15) is 11.9 Å². The molecule has 1 N–H and O–H groups in total. The smallest absolute Gasteiger partial charge is 0.327 e. The summed E-state index contributed by atoms with van der Waals surface area (Å²) in [5.41, 5.74) is 3.11. The minimum absolute atomic E-state index is 0.106. The van der Waals surface area contributed by atoms with Crippen LogP contribution in [-0.2, 0) is 27.2 Å². The van der Waals surface area contributed by atoms with Gasteiger partial charge >= 0.3 is 5.97 Å². The first-order valence-electron chi connectivity index (χ1n) is 11.4. The normalized spacial score (nSPS) is 18.7. The van der Waals surface area contributed by atoms with Crippen LogP contribution in [0.4, 0.5) is 5.82 Å². The summed E-state index contributed by atoms with van der Waals surface area (Å²) in [7, 11) is 3.36. The highest BCUT2D eigenvalue weighted by Gasteiger charge is 2.35. The van der Waals surface area contributed by atoms with Gasteiger partial charge in [-0.05, 0) is 49.9 Å². The predicted molar refractivity (Wildman–Crippen MR) is 123 cm³/mol. The summed E-state index contributed by atoms with van der Waals surface area (Å²) >= 11 is 0. The summed E-state index contributed by atoms with van der Waals surface area (Å²) in [5.74, 6) is 0.831. The molecule has 3 heterocycles. The lowest BCUT2D eigenvalue weighted by Gasteiger charge is -2.31. The third-order valence-corrected chi connectivity index (χ3v) is 6.59. The zero-order valence-corrected chi connectivity index (χ0v) is 18.9. The van der Waals surface area contributed by atoms with Crippen molar-refractivity contribution < 1.29 is 14.3 Å². The number of likely N-dealkylation sites (N-methyl/N-ethyl adjacent to an activating group) is 1. The molecule has 1 unspecified atom stereocenters. The molecule has 0 saturated carbocycles. The summed E-state index contributed by atoms with van der Waals surface area (Å²) in [6.07, 6.45) is 4.12. The van der Waals surface area contributed by atoms with E-state index in [4.69, 9.17) is 9.72 Å². The van der Waals surface area contributed by atoms with Crippen LogP contribution in [0.1, 0.15) is 42.1 Å². The SMILES string of the molecule is COC(=O)[C@@H](c1ccccc1)N(C)C1CCN(C(=O)CCc2ccc3c(n2)NCCC3)C1. The van der Waals surface area contributed by atoms with Crippen LogP contribution in [0.15, 0.2) is 42.5 Å². The Balaban J connectivity index is 1.35. The van der Waals surface area contributed by atoms with Crippen molar-refractivity contribution in [1.29, 1.82) is 0 Å². The molecule has 170 valence electrons. The van der Waals surface area contributed by atoms with Crippen molar-refractivity contribution in [2.75, 3.05) is 39.1 Å². The number of nitrogens with one attached hydrogen (secondary N) is 1. The summed E-state index contributed by atoms with van der Waals surface area (Å²) < 4.78 is 5.08. The fourth-order valence-corrected chi connectivity index (χ4v) is 4.70. The number of ether oxygens (including phenoxy) is 1. The molecule has 1 saturated heterocycles. The number of aromatic nitrogens is 1. The zero-order valence-electron chi connectivity index (χ0n) is 18.9. The van der Waals surface area contributed by atoms with E-state index >= 15 is 0 Å². The van der Waals surface area contributed by atoms with Crippen LogP contribution in [-0.4, -0.2) is 66.5 Å². The van der Waals surface area contributed by atoms with Crippen molar-refractivity contribution in [3.8, 4) is 0 Å². The Labute approximate surface area is 189 Å². The van der Waals surface area contributed by atoms with E-state index in [0.717, 1.165) is 42.9 Å². The van der Waals surface area contributed by atoms with Gasteiger partial charge in [-0.3, -0.25) is 9.69 Å². The molecule has 7 heteroatoms. The maximum atomic E-state index is 12.9. The molecule has 0 bridgehead atoms. The molecule has 0 radical (unpaired) electrons. The molecule has 32 heavy (non-hydrogen) atoms. The Kier molecular flexibility index (Phi) is 7.05. The van der Waals surface area contributed by atoms with Crippen LogP contribution in [0.2, 0.25) is 0 Å². The number of pyridine rings is 1. The molecule has 0 spiro atoms. The molecule has 7 nitrogen and oxygen atoms in total. The van der Waals surface area contributed by atoms with Crippen molar-refractivity contribution in [3.05, 3.63) is 59.3 Å². The number of hydrogen-bond acceptors (Lipinski definition) is 6. The number of likely N-dealkylation sites (tertiary alicyclic amines) is 1. The first kappa shape index (κ1) is 22.3. The summed E-state index contributed by atoms with van der Waals surface area (Å²) in [6.45, 7) is 2.28. The average molecular weight is 437 g/mol. The van der Waals surface area contributed by atoms with Crippen molar-refractivity contribution >= 4 is 17.7 Å². The number of aryl methyl sites for hydroxylation is 2. The number of anilines is 1. The summed E-state index contributed by atoms with van der Waals surface area (Å²) in [5, 5.41) is 3.35. The number of rotatable bonds is 7. The lowest BCUT2D eigenvalue weighted by molar-refractivity contribution is -0.147. The van der Waals surface area contributed by atoms with Gasteiger partial charge < -0.3 is 15.0 Å². The third-order valence-electron chi connectivity index (χ3n) is 6.59. The maximum absolute atomic E-state index is 12.9. The van der Waals surface area contributed by atoms with Crippen LogP contribution in [0.25, 0.3) is 0 Å². The number of amides is 1. The Hall–Kier alpha value is -2.93. The van der Waals surface area contributed by atoms with Crippen LogP contribution in [0.5, 0.6) is 0 Å². The predicted octanol–water partition coefficient (Wildman–Crippen LogP) is 2.82. The summed E-state index contributed by atoms with van der Waals surface area (Å²) in [4.78, 5) is 34.1. The first-order valence-corrected chi connectivity index (χ1v) is 11.4. The number of carbonyl (C=O) groups excluding carboxylic acids is 2.